The van der Waals surface area contributed by atoms with Crippen LogP contribution in [0, 0.1) is 0 Å². The Kier molecular flexibility index (Phi) is 5.86. The molecule has 29 heavy (non-hydrogen) atoms. The number of nitrogens with one attached hydrogen (secondary N) is 1. The van der Waals surface area contributed by atoms with Crippen molar-refractivity contribution >= 4 is 11.9 Å². The second kappa shape index (κ2) is 8.70. The Morgan fingerprint density at radius 2 is 1.79 bits per heavy atom. The van der Waals surface area contributed by atoms with Gasteiger partial charge in [0.15, 0.2) is 11.5 Å². The van der Waals surface area contributed by atoms with Crippen molar-refractivity contribution in [1.82, 2.24) is 0 Å². The maximum Gasteiger partial charge on any atom is 0.231 e. The van der Waals surface area contributed by atoms with Crippen LogP contribution in [0.25, 0.3) is 6.08 Å². The summed E-state index contributed by atoms with van der Waals surface area (Å²) in [5.74, 6) is 1.67. The van der Waals surface area contributed by atoms with Gasteiger partial charge in [0, 0.05) is 0 Å². The summed E-state index contributed by atoms with van der Waals surface area (Å²) in [6.45, 7) is 5.41. The summed E-state index contributed by atoms with van der Waals surface area (Å²) in [4.78, 5) is 14.3. The molecule has 0 amide bonds. The number of ether oxygens (including phenoxy) is 2. The van der Waals surface area contributed by atoms with Gasteiger partial charge in [-0.05, 0) is 68.5 Å². The van der Waals surface area contributed by atoms with Crippen LogP contribution in [0.4, 0.5) is 0 Å². The first kappa shape index (κ1) is 19.5. The van der Waals surface area contributed by atoms with Gasteiger partial charge in [0.2, 0.25) is 5.78 Å². The number of phenols is 1. The summed E-state index contributed by atoms with van der Waals surface area (Å²) < 4.78 is 11.5. The van der Waals surface area contributed by atoms with E-state index in [1.807, 2.05) is 31.2 Å². The maximum absolute atomic E-state index is 12.9. The average Bonchev–Trinajstić information content (AvgIpc) is 2.88. The molecule has 4 rings (SSSR count). The van der Waals surface area contributed by atoms with Gasteiger partial charge in [0.1, 0.15) is 18.0 Å². The van der Waals surface area contributed by atoms with Crippen LogP contribution in [0.1, 0.15) is 54.1 Å². The van der Waals surface area contributed by atoms with Gasteiger partial charge in [0.25, 0.3) is 0 Å². The van der Waals surface area contributed by atoms with Crippen molar-refractivity contribution in [3.05, 3.63) is 58.8 Å². The number of likely N-dealkylation sites (tertiary alicyclic amines) is 1. The van der Waals surface area contributed by atoms with Gasteiger partial charge in [-0.15, -0.1) is 0 Å². The Morgan fingerprint density at radius 3 is 2.48 bits per heavy atom. The number of hydrogen-bond acceptors (Lipinski definition) is 4. The predicted octanol–water partition coefficient (Wildman–Crippen LogP) is 3.37. The van der Waals surface area contributed by atoms with E-state index in [4.69, 9.17) is 9.47 Å². The molecule has 2 heterocycles. The minimum Gasteiger partial charge on any atom is -0.507 e. The van der Waals surface area contributed by atoms with E-state index in [1.54, 1.807) is 18.2 Å². The second-order valence-electron chi connectivity index (χ2n) is 7.72. The van der Waals surface area contributed by atoms with Crippen LogP contribution < -0.4 is 14.4 Å². The number of phenolic OH excluding ortho intramolecular Hbond substituents is 1. The SMILES string of the molecule is CCOc1ccc(/C=C2\Oc3c(ccc(O)c3C[NH+]3CCCCCC3)C2=O)cc1. The molecule has 0 atom stereocenters. The Bertz CT molecular complexity index is 909. The largest absolute Gasteiger partial charge is 0.507 e. The molecule has 2 aromatic carbocycles. The summed E-state index contributed by atoms with van der Waals surface area (Å²) in [6.07, 6.45) is 6.69. The van der Waals surface area contributed by atoms with Gasteiger partial charge >= 0.3 is 0 Å². The summed E-state index contributed by atoms with van der Waals surface area (Å²) in [5.41, 5.74) is 2.14. The lowest BCUT2D eigenvalue weighted by molar-refractivity contribution is -0.913. The first-order chi connectivity index (χ1) is 14.2. The van der Waals surface area contributed by atoms with Gasteiger partial charge in [-0.3, -0.25) is 4.79 Å². The summed E-state index contributed by atoms with van der Waals surface area (Å²) in [5, 5.41) is 10.5. The highest BCUT2D eigenvalue weighted by Gasteiger charge is 2.32. The molecule has 0 aromatic heterocycles. The summed E-state index contributed by atoms with van der Waals surface area (Å²) in [7, 11) is 0. The summed E-state index contributed by atoms with van der Waals surface area (Å²) in [6, 6.07) is 10.8. The number of Topliss-reactive ketones (excluding diaryl/α,β-unsaturated/α-hetero) is 1. The third-order valence-electron chi connectivity index (χ3n) is 5.64. The number of carbonyl (C=O) groups excluding carboxylic acids is 1. The zero-order valence-electron chi connectivity index (χ0n) is 16.9. The van der Waals surface area contributed by atoms with E-state index in [0.717, 1.165) is 30.0 Å². The smallest absolute Gasteiger partial charge is 0.231 e. The molecule has 1 saturated heterocycles. The van der Waals surface area contributed by atoms with Gasteiger partial charge in [0.05, 0.1) is 30.8 Å². The number of fused-ring (bicyclic) bond motifs is 1. The van der Waals surface area contributed by atoms with Crippen molar-refractivity contribution in [3.63, 3.8) is 0 Å². The van der Waals surface area contributed by atoms with Crippen LogP contribution in [0.15, 0.2) is 42.2 Å². The zero-order valence-corrected chi connectivity index (χ0v) is 16.9. The molecular weight excluding hydrogens is 366 g/mol. The van der Waals surface area contributed by atoms with E-state index >= 15 is 0 Å². The lowest BCUT2D eigenvalue weighted by atomic mass is 10.0. The molecule has 2 N–H and O–H groups in total. The number of allylic oxidation sites excluding steroid dienone is 1. The van der Waals surface area contributed by atoms with Crippen molar-refractivity contribution in [2.45, 2.75) is 39.2 Å². The first-order valence-corrected chi connectivity index (χ1v) is 10.5. The van der Waals surface area contributed by atoms with Gasteiger partial charge < -0.3 is 19.5 Å². The minimum absolute atomic E-state index is 0.138. The van der Waals surface area contributed by atoms with E-state index in [9.17, 15) is 9.90 Å². The van der Waals surface area contributed by atoms with E-state index in [2.05, 4.69) is 0 Å². The molecule has 0 unspecified atom stereocenters. The molecule has 2 aliphatic heterocycles. The molecule has 5 heteroatoms. The molecule has 1 fully saturated rings. The molecule has 152 valence electrons. The maximum atomic E-state index is 12.9. The van der Waals surface area contributed by atoms with Crippen LogP contribution in [0.2, 0.25) is 0 Å². The van der Waals surface area contributed by atoms with E-state index in [-0.39, 0.29) is 11.5 Å². The molecule has 0 aliphatic carbocycles. The third kappa shape index (κ3) is 4.30. The normalized spacial score (nSPS) is 18.4. The number of hydrogen-bond donors (Lipinski definition) is 2. The Hall–Kier alpha value is -2.79. The summed E-state index contributed by atoms with van der Waals surface area (Å²) >= 11 is 0. The Balaban J connectivity index is 1.58. The number of quaternary nitrogens is 1. The van der Waals surface area contributed by atoms with Crippen LogP contribution >= 0.6 is 0 Å². The number of ketones is 1. The van der Waals surface area contributed by atoms with Crippen LogP contribution in [-0.2, 0) is 6.54 Å². The van der Waals surface area contributed by atoms with Crippen molar-refractivity contribution < 1.29 is 24.3 Å². The molecule has 0 radical (unpaired) electrons. The van der Waals surface area contributed by atoms with E-state index < -0.39 is 0 Å². The number of benzene rings is 2. The number of aromatic hydroxyl groups is 1. The topological polar surface area (TPSA) is 60.2 Å². The fourth-order valence-corrected chi connectivity index (χ4v) is 4.10. The highest BCUT2D eigenvalue weighted by atomic mass is 16.5. The molecule has 0 saturated carbocycles. The molecule has 2 aromatic rings. The van der Waals surface area contributed by atoms with Crippen molar-refractivity contribution in [3.8, 4) is 17.2 Å². The van der Waals surface area contributed by atoms with E-state index in [0.29, 0.717) is 30.2 Å². The van der Waals surface area contributed by atoms with Gasteiger partial charge in [-0.2, -0.15) is 0 Å². The highest BCUT2D eigenvalue weighted by molar-refractivity contribution is 6.14. The molecule has 0 bridgehead atoms. The molecule has 5 nitrogen and oxygen atoms in total. The van der Waals surface area contributed by atoms with Crippen LogP contribution in [0.5, 0.6) is 17.2 Å². The first-order valence-electron chi connectivity index (χ1n) is 10.5. The lowest BCUT2D eigenvalue weighted by Crippen LogP contribution is -3.10. The van der Waals surface area contributed by atoms with Crippen molar-refractivity contribution in [1.29, 1.82) is 0 Å². The lowest BCUT2D eigenvalue weighted by Gasteiger charge is -2.19. The third-order valence-corrected chi connectivity index (χ3v) is 5.64. The number of rotatable bonds is 5. The fourth-order valence-electron chi connectivity index (χ4n) is 4.10. The monoisotopic (exact) mass is 394 g/mol. The highest BCUT2D eigenvalue weighted by Crippen LogP contribution is 2.39. The van der Waals surface area contributed by atoms with Gasteiger partial charge in [-0.1, -0.05) is 12.1 Å². The van der Waals surface area contributed by atoms with Crippen molar-refractivity contribution in [2.75, 3.05) is 19.7 Å². The van der Waals surface area contributed by atoms with Gasteiger partial charge in [-0.25, -0.2) is 0 Å². The molecule has 0 spiro atoms. The second-order valence-corrected chi connectivity index (χ2v) is 7.72. The number of carbonyl (C=O) groups is 1. The van der Waals surface area contributed by atoms with Crippen molar-refractivity contribution in [2.24, 2.45) is 0 Å². The standard InChI is InChI=1S/C24H27NO4/c1-2-28-18-9-7-17(8-10-18)15-22-23(27)19-11-12-21(26)20(24(19)29-22)16-25-13-5-3-4-6-14-25/h7-12,15,26H,2-6,13-14,16H2,1H3/p+1/b22-15-. The van der Waals surface area contributed by atoms with E-state index in [1.165, 1.54) is 30.6 Å². The van der Waals surface area contributed by atoms with Crippen LogP contribution in [0.3, 0.4) is 0 Å². The minimum atomic E-state index is -0.138. The molecular formula is C24H28NO4+. The fraction of sp³-hybridized carbons (Fsp3) is 0.375. The van der Waals surface area contributed by atoms with Crippen LogP contribution in [-0.4, -0.2) is 30.6 Å². The quantitative estimate of drug-likeness (QED) is 0.764. The zero-order chi connectivity index (χ0) is 20.2. The Labute approximate surface area is 171 Å². The Morgan fingerprint density at radius 1 is 1.07 bits per heavy atom. The predicted molar refractivity (Wildman–Crippen MR) is 112 cm³/mol. The molecule has 2 aliphatic rings. The average molecular weight is 394 g/mol.